The largest absolute Gasteiger partial charge is 0.370 e. The molecule has 2 heterocycles. The molecule has 1 aliphatic carbocycles. The van der Waals surface area contributed by atoms with Gasteiger partial charge in [-0.05, 0) is 24.3 Å². The van der Waals surface area contributed by atoms with Crippen molar-refractivity contribution in [1.82, 2.24) is 4.98 Å². The first-order valence-electron chi connectivity index (χ1n) is 5.02. The molecule has 1 saturated heterocycles. The van der Waals surface area contributed by atoms with Crippen LogP contribution in [0, 0.1) is 11.8 Å². The second-order valence-corrected chi connectivity index (χ2v) is 4.26. The van der Waals surface area contributed by atoms with Crippen LogP contribution in [-0.4, -0.2) is 24.4 Å². The molecule has 3 heteroatoms. The van der Waals surface area contributed by atoms with Crippen LogP contribution in [0.5, 0.6) is 0 Å². The highest BCUT2D eigenvalue weighted by atomic mass is 16.1. The van der Waals surface area contributed by atoms with Crippen LogP contribution in [0.4, 0.5) is 5.69 Å². The molecule has 3 nitrogen and oxygen atoms in total. The summed E-state index contributed by atoms with van der Waals surface area (Å²) in [5, 5.41) is 0. The molecule has 0 radical (unpaired) electrons. The van der Waals surface area contributed by atoms with Crippen molar-refractivity contribution in [3.8, 4) is 0 Å². The summed E-state index contributed by atoms with van der Waals surface area (Å²) in [5.74, 6) is 1.82. The standard InChI is InChI=1S/C11H12N2O/c14-7-8-1-11(4-12-3-8)13-5-9-2-10(9)6-13/h1,3-4,7,9-10H,2,5-6H2. The van der Waals surface area contributed by atoms with Crippen molar-refractivity contribution in [2.75, 3.05) is 18.0 Å². The van der Waals surface area contributed by atoms with E-state index >= 15 is 0 Å². The number of pyridine rings is 1. The fourth-order valence-electron chi connectivity index (χ4n) is 2.29. The Morgan fingerprint density at radius 2 is 2.14 bits per heavy atom. The van der Waals surface area contributed by atoms with Crippen LogP contribution in [0.3, 0.4) is 0 Å². The maximum Gasteiger partial charge on any atom is 0.151 e. The zero-order valence-electron chi connectivity index (χ0n) is 7.89. The topological polar surface area (TPSA) is 33.2 Å². The van der Waals surface area contributed by atoms with Crippen molar-refractivity contribution < 1.29 is 4.79 Å². The number of nitrogens with zero attached hydrogens (tertiary/aromatic N) is 2. The normalized spacial score (nSPS) is 28.7. The molecule has 14 heavy (non-hydrogen) atoms. The van der Waals surface area contributed by atoms with E-state index in [1.165, 1.54) is 6.42 Å². The summed E-state index contributed by atoms with van der Waals surface area (Å²) in [6, 6.07) is 1.92. The van der Waals surface area contributed by atoms with Crippen molar-refractivity contribution in [2.45, 2.75) is 6.42 Å². The summed E-state index contributed by atoms with van der Waals surface area (Å²) in [7, 11) is 0. The van der Waals surface area contributed by atoms with Gasteiger partial charge in [-0.15, -0.1) is 0 Å². The lowest BCUT2D eigenvalue weighted by Crippen LogP contribution is -2.21. The van der Waals surface area contributed by atoms with Gasteiger partial charge >= 0.3 is 0 Å². The van der Waals surface area contributed by atoms with Crippen molar-refractivity contribution in [1.29, 1.82) is 0 Å². The van der Waals surface area contributed by atoms with Crippen LogP contribution in [-0.2, 0) is 0 Å². The second-order valence-electron chi connectivity index (χ2n) is 4.26. The van der Waals surface area contributed by atoms with Crippen LogP contribution >= 0.6 is 0 Å². The number of anilines is 1. The van der Waals surface area contributed by atoms with Crippen molar-refractivity contribution in [2.24, 2.45) is 11.8 Å². The lowest BCUT2D eigenvalue weighted by atomic mass is 10.2. The number of rotatable bonds is 2. The minimum atomic E-state index is 0.670. The van der Waals surface area contributed by atoms with E-state index in [1.807, 2.05) is 12.3 Å². The van der Waals surface area contributed by atoms with E-state index < -0.39 is 0 Å². The maximum absolute atomic E-state index is 10.6. The molecule has 0 spiro atoms. The summed E-state index contributed by atoms with van der Waals surface area (Å²) in [6.45, 7) is 2.29. The molecule has 1 saturated carbocycles. The number of carbonyl (C=O) groups excluding carboxylic acids is 1. The van der Waals surface area contributed by atoms with E-state index in [-0.39, 0.29) is 0 Å². The van der Waals surface area contributed by atoms with Crippen molar-refractivity contribution in [3.63, 3.8) is 0 Å². The van der Waals surface area contributed by atoms with E-state index in [9.17, 15) is 4.79 Å². The van der Waals surface area contributed by atoms with Gasteiger partial charge in [0.05, 0.1) is 11.9 Å². The highest BCUT2D eigenvalue weighted by Crippen LogP contribution is 2.46. The predicted molar refractivity (Wildman–Crippen MR) is 53.4 cm³/mol. The summed E-state index contributed by atoms with van der Waals surface area (Å²) < 4.78 is 0. The molecule has 2 fully saturated rings. The average Bonchev–Trinajstić information content (AvgIpc) is 2.86. The molecule has 2 atom stereocenters. The zero-order chi connectivity index (χ0) is 9.54. The molecular weight excluding hydrogens is 176 g/mol. The first-order chi connectivity index (χ1) is 6.86. The maximum atomic E-state index is 10.6. The Hall–Kier alpha value is -1.38. The number of aromatic nitrogens is 1. The predicted octanol–water partition coefficient (Wildman–Crippen LogP) is 1.35. The fourth-order valence-corrected chi connectivity index (χ4v) is 2.29. The zero-order valence-corrected chi connectivity index (χ0v) is 7.89. The van der Waals surface area contributed by atoms with Gasteiger partial charge in [0.25, 0.3) is 0 Å². The lowest BCUT2D eigenvalue weighted by molar-refractivity contribution is 0.112. The van der Waals surface area contributed by atoms with Gasteiger partial charge in [-0.3, -0.25) is 9.78 Å². The van der Waals surface area contributed by atoms with Crippen molar-refractivity contribution in [3.05, 3.63) is 24.0 Å². The minimum absolute atomic E-state index is 0.670. The molecule has 1 aromatic heterocycles. The molecule has 2 unspecified atom stereocenters. The van der Waals surface area contributed by atoms with Gasteiger partial charge in [0.2, 0.25) is 0 Å². The molecule has 1 aromatic rings. The molecule has 72 valence electrons. The lowest BCUT2D eigenvalue weighted by Gasteiger charge is -2.19. The second kappa shape index (κ2) is 2.80. The number of carbonyl (C=O) groups is 1. The van der Waals surface area contributed by atoms with E-state index in [1.54, 1.807) is 6.20 Å². The quantitative estimate of drug-likeness (QED) is 0.657. The van der Waals surface area contributed by atoms with Gasteiger partial charge < -0.3 is 4.90 Å². The van der Waals surface area contributed by atoms with Gasteiger partial charge in [0, 0.05) is 24.8 Å². The van der Waals surface area contributed by atoms with Crippen LogP contribution in [0.25, 0.3) is 0 Å². The monoisotopic (exact) mass is 188 g/mol. The van der Waals surface area contributed by atoms with Crippen molar-refractivity contribution >= 4 is 12.0 Å². The highest BCUT2D eigenvalue weighted by Gasteiger charge is 2.45. The van der Waals surface area contributed by atoms with Crippen LogP contribution in [0.15, 0.2) is 18.5 Å². The summed E-state index contributed by atoms with van der Waals surface area (Å²) >= 11 is 0. The highest BCUT2D eigenvalue weighted by molar-refractivity contribution is 5.76. The van der Waals surface area contributed by atoms with Gasteiger partial charge in [0.15, 0.2) is 6.29 Å². The van der Waals surface area contributed by atoms with Gasteiger partial charge in [-0.2, -0.15) is 0 Å². The summed E-state index contributed by atoms with van der Waals surface area (Å²) in [4.78, 5) is 17.0. The third kappa shape index (κ3) is 1.20. The van der Waals surface area contributed by atoms with Crippen LogP contribution < -0.4 is 4.90 Å². The molecule has 2 aliphatic rings. The molecule has 0 amide bonds. The Morgan fingerprint density at radius 1 is 1.36 bits per heavy atom. The Balaban J connectivity index is 1.85. The van der Waals surface area contributed by atoms with Crippen LogP contribution in [0.1, 0.15) is 16.8 Å². The van der Waals surface area contributed by atoms with E-state index in [4.69, 9.17) is 0 Å². The Morgan fingerprint density at radius 3 is 2.86 bits per heavy atom. The van der Waals surface area contributed by atoms with Gasteiger partial charge in [0.1, 0.15) is 0 Å². The van der Waals surface area contributed by atoms with E-state index in [0.29, 0.717) is 5.56 Å². The first-order valence-corrected chi connectivity index (χ1v) is 5.02. The fraction of sp³-hybridized carbons (Fsp3) is 0.455. The number of piperidine rings is 1. The number of fused-ring (bicyclic) bond motifs is 1. The molecular formula is C11H12N2O. The van der Waals surface area contributed by atoms with E-state index in [2.05, 4.69) is 9.88 Å². The van der Waals surface area contributed by atoms with Gasteiger partial charge in [-0.25, -0.2) is 0 Å². The number of hydrogen-bond acceptors (Lipinski definition) is 3. The smallest absolute Gasteiger partial charge is 0.151 e. The third-order valence-corrected chi connectivity index (χ3v) is 3.23. The average molecular weight is 188 g/mol. The molecule has 0 aromatic carbocycles. The Bertz CT molecular complexity index is 367. The first kappa shape index (κ1) is 7.97. The van der Waals surface area contributed by atoms with Crippen LogP contribution in [0.2, 0.25) is 0 Å². The molecule has 1 aliphatic heterocycles. The SMILES string of the molecule is O=Cc1cncc(N2CC3CC3C2)c1. The Labute approximate surface area is 82.8 Å². The molecule has 3 rings (SSSR count). The molecule has 0 bridgehead atoms. The summed E-state index contributed by atoms with van der Waals surface area (Å²) in [6.07, 6.45) is 5.70. The molecule has 0 N–H and O–H groups in total. The van der Waals surface area contributed by atoms with E-state index in [0.717, 1.165) is 36.9 Å². The number of hydrogen-bond donors (Lipinski definition) is 0. The van der Waals surface area contributed by atoms with Gasteiger partial charge in [-0.1, -0.05) is 0 Å². The third-order valence-electron chi connectivity index (χ3n) is 3.23. The summed E-state index contributed by atoms with van der Waals surface area (Å²) in [5.41, 5.74) is 1.77. The number of aldehydes is 1. The minimum Gasteiger partial charge on any atom is -0.370 e. The Kier molecular flexibility index (Phi) is 1.60.